The van der Waals surface area contributed by atoms with Gasteiger partial charge in [-0.2, -0.15) is 0 Å². The summed E-state index contributed by atoms with van der Waals surface area (Å²) in [5.41, 5.74) is 6.00. The lowest BCUT2D eigenvalue weighted by Gasteiger charge is -2.17. The smallest absolute Gasteiger partial charge is 0.118 e. The van der Waals surface area contributed by atoms with E-state index >= 15 is 0 Å². The Morgan fingerprint density at radius 2 is 2.24 bits per heavy atom. The molecule has 0 bridgehead atoms. The molecule has 2 aromatic rings. The normalized spacial score (nSPS) is 14.5. The first kappa shape index (κ1) is 12.7. The molecule has 2 heterocycles. The zero-order valence-corrected chi connectivity index (χ0v) is 11.7. The summed E-state index contributed by atoms with van der Waals surface area (Å²) < 4.78 is 6.40. The third-order valence-corrected chi connectivity index (χ3v) is 4.63. The first-order valence-corrected chi connectivity index (χ1v) is 6.92. The van der Waals surface area contributed by atoms with Crippen molar-refractivity contribution in [2.24, 2.45) is 5.73 Å². The van der Waals surface area contributed by atoms with Gasteiger partial charge in [0.25, 0.3) is 0 Å². The van der Waals surface area contributed by atoms with Crippen LogP contribution in [0.15, 0.2) is 50.6 Å². The summed E-state index contributed by atoms with van der Waals surface area (Å²) in [7, 11) is 0. The van der Waals surface area contributed by atoms with E-state index in [9.17, 15) is 0 Å². The zero-order valence-electron chi connectivity index (χ0n) is 9.34. The summed E-state index contributed by atoms with van der Waals surface area (Å²) >= 11 is 5.09. The Morgan fingerprint density at radius 3 is 2.82 bits per heavy atom. The fourth-order valence-corrected chi connectivity index (χ4v) is 3.00. The van der Waals surface area contributed by atoms with E-state index in [1.54, 1.807) is 24.2 Å². The molecule has 0 spiro atoms. The molecule has 2 unspecified atom stereocenters. The Bertz CT molecular complexity index is 473. The van der Waals surface area contributed by atoms with Crippen LogP contribution in [-0.2, 0) is 0 Å². The average molecular weight is 313 g/mol. The Balaban J connectivity index is 2.23. The average Bonchev–Trinajstić information content (AvgIpc) is 2.81. The molecule has 2 N–H and O–H groups in total. The van der Waals surface area contributed by atoms with Gasteiger partial charge < -0.3 is 10.2 Å². The third-order valence-electron chi connectivity index (χ3n) is 2.26. The summed E-state index contributed by atoms with van der Waals surface area (Å²) in [6, 6.07) is 7.66. The summed E-state index contributed by atoms with van der Waals surface area (Å²) in [6.07, 6.45) is 3.44. The van der Waals surface area contributed by atoms with E-state index in [2.05, 4.69) is 20.9 Å². The van der Waals surface area contributed by atoms with Crippen molar-refractivity contribution in [2.45, 2.75) is 23.2 Å². The second kappa shape index (κ2) is 5.71. The van der Waals surface area contributed by atoms with Crippen LogP contribution < -0.4 is 5.73 Å². The van der Waals surface area contributed by atoms with Gasteiger partial charge in [0.1, 0.15) is 10.8 Å². The minimum absolute atomic E-state index is 0.0138. The van der Waals surface area contributed by atoms with E-state index in [0.29, 0.717) is 0 Å². The molecule has 2 rings (SSSR count). The van der Waals surface area contributed by atoms with Gasteiger partial charge in [0, 0.05) is 16.7 Å². The van der Waals surface area contributed by atoms with Gasteiger partial charge in [-0.1, -0.05) is 11.8 Å². The molecule has 90 valence electrons. The predicted octanol–water partition coefficient (Wildman–Crippen LogP) is 3.62. The van der Waals surface area contributed by atoms with Gasteiger partial charge in [-0.15, -0.1) is 0 Å². The highest BCUT2D eigenvalue weighted by Gasteiger charge is 2.21. The Kier molecular flexibility index (Phi) is 4.25. The molecule has 0 aliphatic heterocycles. The Morgan fingerprint density at radius 1 is 1.41 bits per heavy atom. The van der Waals surface area contributed by atoms with Crippen LogP contribution in [0.2, 0.25) is 0 Å². The lowest BCUT2D eigenvalue weighted by Crippen LogP contribution is -2.22. The fourth-order valence-electron chi connectivity index (χ4n) is 1.46. The number of nitrogens with two attached hydrogens (primary N) is 1. The molecule has 0 saturated heterocycles. The number of furan rings is 1. The Hall–Kier alpha value is -0.780. The highest BCUT2D eigenvalue weighted by atomic mass is 79.9. The number of thioether (sulfide) groups is 1. The van der Waals surface area contributed by atoms with Crippen LogP contribution in [0.5, 0.6) is 0 Å². The largest absolute Gasteiger partial charge is 0.468 e. The number of rotatable bonds is 4. The zero-order chi connectivity index (χ0) is 12.3. The van der Waals surface area contributed by atoms with Crippen molar-refractivity contribution in [3.8, 4) is 0 Å². The monoisotopic (exact) mass is 312 g/mol. The topological polar surface area (TPSA) is 52.0 Å². The number of nitrogens with zero attached hydrogens (tertiary/aromatic N) is 1. The molecule has 0 fully saturated rings. The third kappa shape index (κ3) is 3.12. The lowest BCUT2D eigenvalue weighted by atomic mass is 10.2. The molecule has 0 amide bonds. The maximum Gasteiger partial charge on any atom is 0.118 e. The van der Waals surface area contributed by atoms with Gasteiger partial charge in [0.05, 0.1) is 11.5 Å². The fraction of sp³-hybridized carbons (Fsp3) is 0.250. The van der Waals surface area contributed by atoms with E-state index < -0.39 is 0 Å². The molecule has 3 nitrogen and oxygen atoms in total. The molecular formula is C12H13BrN2OS. The summed E-state index contributed by atoms with van der Waals surface area (Å²) in [5.74, 6) is 0.877. The maximum absolute atomic E-state index is 6.00. The van der Waals surface area contributed by atoms with Crippen molar-refractivity contribution in [2.75, 3.05) is 0 Å². The molecule has 0 aliphatic rings. The predicted molar refractivity (Wildman–Crippen MR) is 72.9 cm³/mol. The highest BCUT2D eigenvalue weighted by Crippen LogP contribution is 2.39. The van der Waals surface area contributed by atoms with Crippen molar-refractivity contribution in [1.29, 1.82) is 0 Å². The second-order valence-electron chi connectivity index (χ2n) is 3.70. The van der Waals surface area contributed by atoms with Crippen LogP contribution >= 0.6 is 27.7 Å². The summed E-state index contributed by atoms with van der Waals surface area (Å²) in [5, 5.41) is 0.988. The lowest BCUT2D eigenvalue weighted by molar-refractivity contribution is 0.486. The van der Waals surface area contributed by atoms with Crippen LogP contribution in [-0.4, -0.2) is 11.0 Å². The second-order valence-corrected chi connectivity index (χ2v) is 5.69. The number of pyridine rings is 1. The molecule has 0 aliphatic carbocycles. The van der Waals surface area contributed by atoms with Crippen LogP contribution in [0.4, 0.5) is 0 Å². The minimum Gasteiger partial charge on any atom is -0.468 e. The first-order valence-electron chi connectivity index (χ1n) is 5.24. The van der Waals surface area contributed by atoms with Gasteiger partial charge in [-0.25, -0.2) is 4.98 Å². The molecule has 17 heavy (non-hydrogen) atoms. The van der Waals surface area contributed by atoms with E-state index in [-0.39, 0.29) is 11.3 Å². The van der Waals surface area contributed by atoms with Crippen molar-refractivity contribution in [1.82, 2.24) is 4.98 Å². The molecule has 5 heteroatoms. The first-order chi connectivity index (χ1) is 8.18. The molecule has 2 aromatic heterocycles. The highest BCUT2D eigenvalue weighted by molar-refractivity contribution is 9.10. The molecular weight excluding hydrogens is 300 g/mol. The summed E-state index contributed by atoms with van der Waals surface area (Å²) in [6.45, 7) is 1.97. The van der Waals surface area contributed by atoms with Crippen molar-refractivity contribution < 1.29 is 4.42 Å². The van der Waals surface area contributed by atoms with E-state index in [1.165, 1.54) is 0 Å². The van der Waals surface area contributed by atoms with Gasteiger partial charge in [-0.3, -0.25) is 0 Å². The summed E-state index contributed by atoms with van der Waals surface area (Å²) in [4.78, 5) is 4.33. The van der Waals surface area contributed by atoms with Gasteiger partial charge in [-0.05, 0) is 47.1 Å². The number of halogens is 1. The molecule has 0 saturated carbocycles. The quantitative estimate of drug-likeness (QED) is 0.876. The van der Waals surface area contributed by atoms with Crippen LogP contribution in [0.3, 0.4) is 0 Å². The van der Waals surface area contributed by atoms with Gasteiger partial charge >= 0.3 is 0 Å². The van der Waals surface area contributed by atoms with Gasteiger partial charge in [0.15, 0.2) is 0 Å². The van der Waals surface area contributed by atoms with E-state index in [4.69, 9.17) is 10.2 Å². The SMILES string of the molecule is CC(N)C(Sc1ncccc1Br)c1ccco1. The Labute approximate surface area is 113 Å². The number of aromatic nitrogens is 1. The standard InChI is InChI=1S/C12H13BrN2OS/c1-8(14)11(10-5-3-7-16-10)17-12-9(13)4-2-6-15-12/h2-8,11H,14H2,1H3. The molecule has 0 radical (unpaired) electrons. The van der Waals surface area contributed by atoms with Crippen molar-refractivity contribution in [3.05, 3.63) is 47.0 Å². The van der Waals surface area contributed by atoms with Gasteiger partial charge in [0.2, 0.25) is 0 Å². The molecule has 0 aromatic carbocycles. The minimum atomic E-state index is -0.0138. The van der Waals surface area contributed by atoms with Crippen LogP contribution in [0, 0.1) is 0 Å². The number of hydrogen-bond donors (Lipinski definition) is 1. The van der Waals surface area contributed by atoms with E-state index in [0.717, 1.165) is 15.3 Å². The van der Waals surface area contributed by atoms with Crippen molar-refractivity contribution >= 4 is 27.7 Å². The number of hydrogen-bond acceptors (Lipinski definition) is 4. The molecule has 2 atom stereocenters. The van der Waals surface area contributed by atoms with Crippen LogP contribution in [0.25, 0.3) is 0 Å². The maximum atomic E-state index is 6.00. The van der Waals surface area contributed by atoms with Crippen LogP contribution in [0.1, 0.15) is 17.9 Å². The van der Waals surface area contributed by atoms with Crippen molar-refractivity contribution in [3.63, 3.8) is 0 Å². The van der Waals surface area contributed by atoms with E-state index in [1.807, 2.05) is 31.2 Å².